The van der Waals surface area contributed by atoms with Crippen molar-refractivity contribution in [1.29, 1.82) is 0 Å². The lowest BCUT2D eigenvalue weighted by molar-refractivity contribution is -0.132. The number of carbonyl (C=O) groups is 1. The molecule has 1 aromatic heterocycles. The summed E-state index contributed by atoms with van der Waals surface area (Å²) in [7, 11) is 1.62. The van der Waals surface area contributed by atoms with Gasteiger partial charge in [-0.1, -0.05) is 23.2 Å². The van der Waals surface area contributed by atoms with Gasteiger partial charge in [-0.2, -0.15) is 0 Å². The number of methoxy groups -OCH3 is 1. The molecule has 0 aliphatic carbocycles. The number of benzene rings is 1. The van der Waals surface area contributed by atoms with E-state index in [9.17, 15) is 4.79 Å². The van der Waals surface area contributed by atoms with Crippen molar-refractivity contribution in [3.05, 3.63) is 57.3 Å². The highest BCUT2D eigenvalue weighted by Gasteiger charge is 2.23. The zero-order valence-corrected chi connectivity index (χ0v) is 15.6. The van der Waals surface area contributed by atoms with E-state index in [0.29, 0.717) is 24.5 Å². The molecule has 2 heterocycles. The molecule has 0 spiro atoms. The number of amides is 1. The molecule has 132 valence electrons. The highest BCUT2D eigenvalue weighted by atomic mass is 35.5. The van der Waals surface area contributed by atoms with E-state index < -0.39 is 0 Å². The molecule has 1 aliphatic heterocycles. The molecule has 0 saturated carbocycles. The highest BCUT2D eigenvalue weighted by Crippen LogP contribution is 2.32. The molecule has 0 fully saturated rings. The van der Waals surface area contributed by atoms with E-state index in [1.54, 1.807) is 19.4 Å². The number of halogens is 2. The maximum atomic E-state index is 12.5. The average molecular weight is 379 g/mol. The monoisotopic (exact) mass is 378 g/mol. The molecule has 0 saturated heterocycles. The normalized spacial score (nSPS) is 13.5. The van der Waals surface area contributed by atoms with Crippen LogP contribution in [0.2, 0.25) is 10.0 Å². The predicted octanol–water partition coefficient (Wildman–Crippen LogP) is 4.30. The van der Waals surface area contributed by atoms with Crippen molar-refractivity contribution in [2.45, 2.75) is 32.2 Å². The summed E-state index contributed by atoms with van der Waals surface area (Å²) in [6, 6.07) is 7.44. The minimum Gasteiger partial charge on any atom is -0.495 e. The molecular weight excluding hydrogens is 359 g/mol. The fourth-order valence-electron chi connectivity index (χ4n) is 3.07. The summed E-state index contributed by atoms with van der Waals surface area (Å²) in [6.45, 7) is 1.22. The minimum absolute atomic E-state index is 0.148. The van der Waals surface area contributed by atoms with E-state index in [0.717, 1.165) is 46.9 Å². The fourth-order valence-corrected chi connectivity index (χ4v) is 3.57. The van der Waals surface area contributed by atoms with E-state index in [1.807, 2.05) is 23.1 Å². The van der Waals surface area contributed by atoms with Crippen molar-refractivity contribution >= 4 is 29.1 Å². The van der Waals surface area contributed by atoms with Gasteiger partial charge in [0.25, 0.3) is 0 Å². The second-order valence-electron chi connectivity index (χ2n) is 6.09. The Morgan fingerprint density at radius 2 is 1.96 bits per heavy atom. The molecule has 3 rings (SSSR count). The Morgan fingerprint density at radius 3 is 2.64 bits per heavy atom. The zero-order valence-electron chi connectivity index (χ0n) is 14.1. The van der Waals surface area contributed by atoms with Crippen LogP contribution in [0.3, 0.4) is 0 Å². The van der Waals surface area contributed by atoms with Crippen molar-refractivity contribution in [3.8, 4) is 5.75 Å². The number of hydrogen-bond acceptors (Lipinski definition) is 3. The number of pyridine rings is 1. The Labute approximate surface area is 157 Å². The SMILES string of the molecule is COc1ccc(CCCC(=O)N2CCc3c(Cl)ccc(Cl)c3C2)nc1. The van der Waals surface area contributed by atoms with E-state index in [1.165, 1.54) is 0 Å². The first-order valence-corrected chi connectivity index (χ1v) is 9.06. The first-order chi connectivity index (χ1) is 12.1. The third kappa shape index (κ3) is 4.25. The van der Waals surface area contributed by atoms with Crippen molar-refractivity contribution in [2.75, 3.05) is 13.7 Å². The van der Waals surface area contributed by atoms with Crippen LogP contribution in [0.1, 0.15) is 29.7 Å². The predicted molar refractivity (Wildman–Crippen MR) is 99.3 cm³/mol. The van der Waals surface area contributed by atoms with Gasteiger partial charge < -0.3 is 9.64 Å². The third-order valence-corrected chi connectivity index (χ3v) is 5.22. The Kier molecular flexibility index (Phi) is 5.82. The topological polar surface area (TPSA) is 42.4 Å². The fraction of sp³-hybridized carbons (Fsp3) is 0.368. The summed E-state index contributed by atoms with van der Waals surface area (Å²) in [6.07, 6.45) is 4.49. The van der Waals surface area contributed by atoms with Crippen LogP contribution in [0, 0.1) is 0 Å². The Balaban J connectivity index is 1.54. The smallest absolute Gasteiger partial charge is 0.222 e. The molecule has 0 atom stereocenters. The van der Waals surface area contributed by atoms with Gasteiger partial charge in [0.15, 0.2) is 0 Å². The van der Waals surface area contributed by atoms with Crippen LogP contribution in [0.25, 0.3) is 0 Å². The van der Waals surface area contributed by atoms with Crippen LogP contribution in [-0.2, 0) is 24.2 Å². The van der Waals surface area contributed by atoms with E-state index in [2.05, 4.69) is 4.98 Å². The molecule has 0 unspecified atom stereocenters. The van der Waals surface area contributed by atoms with Gasteiger partial charge in [-0.05, 0) is 54.7 Å². The minimum atomic E-state index is 0.148. The lowest BCUT2D eigenvalue weighted by Crippen LogP contribution is -2.36. The van der Waals surface area contributed by atoms with E-state index >= 15 is 0 Å². The first-order valence-electron chi connectivity index (χ1n) is 8.31. The number of aromatic nitrogens is 1. The molecule has 25 heavy (non-hydrogen) atoms. The Morgan fingerprint density at radius 1 is 1.20 bits per heavy atom. The lowest BCUT2D eigenvalue weighted by atomic mass is 9.99. The molecule has 0 bridgehead atoms. The zero-order chi connectivity index (χ0) is 17.8. The lowest BCUT2D eigenvalue weighted by Gasteiger charge is -2.30. The van der Waals surface area contributed by atoms with Gasteiger partial charge in [0, 0.05) is 35.2 Å². The van der Waals surface area contributed by atoms with Gasteiger partial charge in [0.05, 0.1) is 13.3 Å². The Bertz CT molecular complexity index is 763. The van der Waals surface area contributed by atoms with Gasteiger partial charge in [0.1, 0.15) is 5.75 Å². The summed E-state index contributed by atoms with van der Waals surface area (Å²) < 4.78 is 5.09. The van der Waals surface area contributed by atoms with Crippen LogP contribution < -0.4 is 4.74 Å². The summed E-state index contributed by atoms with van der Waals surface area (Å²) in [5.41, 5.74) is 3.01. The number of nitrogens with zero attached hydrogens (tertiary/aromatic N) is 2. The molecular formula is C19H20Cl2N2O2. The van der Waals surface area contributed by atoms with Crippen LogP contribution in [0.5, 0.6) is 5.75 Å². The standard InChI is InChI=1S/C19H20Cl2N2O2/c1-25-14-6-5-13(22-11-14)3-2-4-19(24)23-10-9-15-16(12-23)18(21)8-7-17(15)20/h5-8,11H,2-4,9-10,12H2,1H3. The average Bonchev–Trinajstić information content (AvgIpc) is 2.65. The van der Waals surface area contributed by atoms with Crippen LogP contribution in [0.15, 0.2) is 30.5 Å². The first kappa shape index (κ1) is 18.0. The maximum absolute atomic E-state index is 12.5. The molecule has 1 aliphatic rings. The molecule has 0 N–H and O–H groups in total. The summed E-state index contributed by atoms with van der Waals surface area (Å²) in [4.78, 5) is 18.7. The maximum Gasteiger partial charge on any atom is 0.222 e. The van der Waals surface area contributed by atoms with Gasteiger partial charge in [-0.25, -0.2) is 0 Å². The number of hydrogen-bond donors (Lipinski definition) is 0. The van der Waals surface area contributed by atoms with Gasteiger partial charge in [0.2, 0.25) is 5.91 Å². The second kappa shape index (κ2) is 8.07. The van der Waals surface area contributed by atoms with Crippen molar-refractivity contribution in [2.24, 2.45) is 0 Å². The van der Waals surface area contributed by atoms with Crippen LogP contribution in [0.4, 0.5) is 0 Å². The number of aryl methyl sites for hydroxylation is 1. The molecule has 2 aromatic rings. The van der Waals surface area contributed by atoms with Gasteiger partial charge >= 0.3 is 0 Å². The molecule has 1 aromatic carbocycles. The van der Waals surface area contributed by atoms with E-state index in [-0.39, 0.29) is 5.91 Å². The van der Waals surface area contributed by atoms with Crippen molar-refractivity contribution in [3.63, 3.8) is 0 Å². The number of carbonyl (C=O) groups excluding carboxylic acids is 1. The number of ether oxygens (including phenoxy) is 1. The summed E-state index contributed by atoms with van der Waals surface area (Å²) in [5.74, 6) is 0.887. The van der Waals surface area contributed by atoms with Crippen LogP contribution >= 0.6 is 23.2 Å². The number of rotatable bonds is 5. The molecule has 6 heteroatoms. The van der Waals surface area contributed by atoms with Crippen LogP contribution in [-0.4, -0.2) is 29.4 Å². The highest BCUT2D eigenvalue weighted by molar-refractivity contribution is 6.34. The summed E-state index contributed by atoms with van der Waals surface area (Å²) in [5, 5.41) is 1.41. The van der Waals surface area contributed by atoms with Crippen molar-refractivity contribution < 1.29 is 9.53 Å². The number of fused-ring (bicyclic) bond motifs is 1. The Hall–Kier alpha value is -1.78. The van der Waals surface area contributed by atoms with Gasteiger partial charge in [-0.3, -0.25) is 9.78 Å². The molecule has 0 radical (unpaired) electrons. The summed E-state index contributed by atoms with van der Waals surface area (Å²) >= 11 is 12.5. The quantitative estimate of drug-likeness (QED) is 0.778. The second-order valence-corrected chi connectivity index (χ2v) is 6.91. The van der Waals surface area contributed by atoms with Crippen molar-refractivity contribution in [1.82, 2.24) is 9.88 Å². The molecule has 1 amide bonds. The third-order valence-electron chi connectivity index (χ3n) is 4.51. The molecule has 4 nitrogen and oxygen atoms in total. The largest absolute Gasteiger partial charge is 0.495 e. The van der Waals surface area contributed by atoms with E-state index in [4.69, 9.17) is 27.9 Å². The van der Waals surface area contributed by atoms with Gasteiger partial charge in [-0.15, -0.1) is 0 Å².